The van der Waals surface area contributed by atoms with Crippen molar-refractivity contribution in [2.45, 2.75) is 43.9 Å². The topological polar surface area (TPSA) is 80.1 Å². The minimum Gasteiger partial charge on any atom is -0.309 e. The molecule has 174 valence electrons. The van der Waals surface area contributed by atoms with Gasteiger partial charge in [-0.05, 0) is 19.1 Å². The Balaban J connectivity index is 1.79. The van der Waals surface area contributed by atoms with Crippen molar-refractivity contribution in [3.8, 4) is 0 Å². The number of halogens is 6. The fourth-order valence-electron chi connectivity index (χ4n) is 3.39. The summed E-state index contributed by atoms with van der Waals surface area (Å²) in [6, 6.07) is 1.43. The SMILES string of the molecule is CC(C(=O)Nc1ccc(F)cn1)N1CCC(F)(F)[C@@H](c2cn(CC(F)(F)F)c(=O)cn2)C1. The lowest BCUT2D eigenvalue weighted by Gasteiger charge is -2.40. The van der Waals surface area contributed by atoms with Crippen molar-refractivity contribution in [2.24, 2.45) is 0 Å². The molecule has 3 heterocycles. The molecule has 0 radical (unpaired) electrons. The van der Waals surface area contributed by atoms with Gasteiger partial charge in [-0.2, -0.15) is 13.2 Å². The van der Waals surface area contributed by atoms with E-state index in [2.05, 4.69) is 15.3 Å². The average Bonchev–Trinajstić information content (AvgIpc) is 2.70. The molecular weight excluding hydrogens is 444 g/mol. The molecule has 0 spiro atoms. The first-order chi connectivity index (χ1) is 14.9. The first kappa shape index (κ1) is 23.7. The van der Waals surface area contributed by atoms with E-state index >= 15 is 0 Å². The van der Waals surface area contributed by atoms with Crippen LogP contribution in [0.3, 0.4) is 0 Å². The maximum Gasteiger partial charge on any atom is 0.406 e. The average molecular weight is 463 g/mol. The number of aromatic nitrogens is 3. The van der Waals surface area contributed by atoms with Gasteiger partial charge in [0.1, 0.15) is 18.2 Å². The fourth-order valence-corrected chi connectivity index (χ4v) is 3.39. The number of nitrogens with zero attached hydrogens (tertiary/aromatic N) is 4. The summed E-state index contributed by atoms with van der Waals surface area (Å²) in [5.41, 5.74) is -1.45. The van der Waals surface area contributed by atoms with Crippen LogP contribution in [0.5, 0.6) is 0 Å². The molecule has 0 saturated carbocycles. The highest BCUT2D eigenvalue weighted by Crippen LogP contribution is 2.40. The number of likely N-dealkylation sites (tertiary alicyclic amines) is 1. The quantitative estimate of drug-likeness (QED) is 0.690. The largest absolute Gasteiger partial charge is 0.406 e. The van der Waals surface area contributed by atoms with Gasteiger partial charge in [-0.25, -0.2) is 18.2 Å². The van der Waals surface area contributed by atoms with Crippen LogP contribution in [0.15, 0.2) is 35.5 Å². The van der Waals surface area contributed by atoms with Crippen LogP contribution in [-0.4, -0.2) is 56.6 Å². The highest BCUT2D eigenvalue weighted by molar-refractivity contribution is 5.93. The van der Waals surface area contributed by atoms with E-state index < -0.39 is 54.3 Å². The number of carbonyl (C=O) groups excluding carboxylic acids is 1. The number of nitrogens with one attached hydrogen (secondary N) is 1. The Kier molecular flexibility index (Phi) is 6.58. The molecule has 1 fully saturated rings. The van der Waals surface area contributed by atoms with Gasteiger partial charge >= 0.3 is 6.18 Å². The summed E-state index contributed by atoms with van der Waals surface area (Å²) in [6.07, 6.45) is -3.22. The number of hydrogen-bond donors (Lipinski definition) is 1. The van der Waals surface area contributed by atoms with Crippen molar-refractivity contribution < 1.29 is 31.1 Å². The van der Waals surface area contributed by atoms with Crippen LogP contribution in [0, 0.1) is 5.82 Å². The van der Waals surface area contributed by atoms with Crippen molar-refractivity contribution in [2.75, 3.05) is 18.4 Å². The predicted octanol–water partition coefficient (Wildman–Crippen LogP) is 2.79. The molecule has 32 heavy (non-hydrogen) atoms. The van der Waals surface area contributed by atoms with E-state index in [0.29, 0.717) is 12.4 Å². The number of anilines is 1. The molecule has 0 bridgehead atoms. The molecule has 13 heteroatoms. The monoisotopic (exact) mass is 463 g/mol. The third kappa shape index (κ3) is 5.64. The molecule has 0 aliphatic carbocycles. The lowest BCUT2D eigenvalue weighted by molar-refractivity contribution is -0.141. The number of rotatable bonds is 5. The summed E-state index contributed by atoms with van der Waals surface area (Å²) >= 11 is 0. The summed E-state index contributed by atoms with van der Waals surface area (Å²) in [5, 5.41) is 2.45. The van der Waals surface area contributed by atoms with Crippen molar-refractivity contribution in [1.29, 1.82) is 0 Å². The van der Waals surface area contributed by atoms with E-state index in [0.717, 1.165) is 12.3 Å². The van der Waals surface area contributed by atoms with Gasteiger partial charge in [-0.1, -0.05) is 0 Å². The van der Waals surface area contributed by atoms with E-state index in [1.165, 1.54) is 17.9 Å². The maximum absolute atomic E-state index is 14.6. The number of amides is 1. The van der Waals surface area contributed by atoms with Crippen LogP contribution < -0.4 is 10.9 Å². The molecule has 1 amide bonds. The lowest BCUT2D eigenvalue weighted by atomic mass is 9.89. The second-order valence-electron chi connectivity index (χ2n) is 7.48. The zero-order valence-corrected chi connectivity index (χ0v) is 16.7. The minimum absolute atomic E-state index is 0.0723. The molecule has 0 aromatic carbocycles. The van der Waals surface area contributed by atoms with Crippen molar-refractivity contribution in [3.05, 3.63) is 52.6 Å². The van der Waals surface area contributed by atoms with E-state index in [1.807, 2.05) is 0 Å². The van der Waals surface area contributed by atoms with Gasteiger partial charge in [-0.3, -0.25) is 19.5 Å². The van der Waals surface area contributed by atoms with Gasteiger partial charge in [0.05, 0.1) is 30.0 Å². The summed E-state index contributed by atoms with van der Waals surface area (Å²) < 4.78 is 80.6. The Morgan fingerprint density at radius 3 is 2.62 bits per heavy atom. The summed E-state index contributed by atoms with van der Waals surface area (Å²) in [7, 11) is 0. The standard InChI is InChI=1S/C19H19F6N5O2/c1-11(17(32)28-15-3-2-12(20)6-27-15)29-5-4-18(21,22)13(8-29)14-9-30(10-19(23,24)25)16(31)7-26-14/h2-3,6-7,9,11,13H,4-5,8,10H2,1H3,(H,27,28,32)/t11?,13-/m1/s1. The van der Waals surface area contributed by atoms with Gasteiger partial charge in [0, 0.05) is 25.7 Å². The molecule has 1 aliphatic rings. The van der Waals surface area contributed by atoms with Crippen LogP contribution in [0.25, 0.3) is 0 Å². The third-order valence-electron chi connectivity index (χ3n) is 5.17. The van der Waals surface area contributed by atoms with Gasteiger partial charge in [0.15, 0.2) is 0 Å². The van der Waals surface area contributed by atoms with Crippen LogP contribution in [0.1, 0.15) is 25.0 Å². The number of piperidine rings is 1. The molecule has 3 rings (SSSR count). The molecule has 2 atom stereocenters. The van der Waals surface area contributed by atoms with Crippen LogP contribution >= 0.6 is 0 Å². The maximum atomic E-state index is 14.6. The number of pyridine rings is 1. The normalized spacial score (nSPS) is 20.0. The van der Waals surface area contributed by atoms with Crippen molar-refractivity contribution in [3.63, 3.8) is 0 Å². The zero-order valence-electron chi connectivity index (χ0n) is 16.7. The fraction of sp³-hybridized carbons (Fsp3) is 0.474. The smallest absolute Gasteiger partial charge is 0.309 e. The second-order valence-corrected chi connectivity index (χ2v) is 7.48. The Hall–Kier alpha value is -2.96. The lowest BCUT2D eigenvalue weighted by Crippen LogP contribution is -2.52. The summed E-state index contributed by atoms with van der Waals surface area (Å²) in [6.45, 7) is -0.697. The number of hydrogen-bond acceptors (Lipinski definition) is 5. The van der Waals surface area contributed by atoms with E-state index in [-0.39, 0.29) is 29.2 Å². The van der Waals surface area contributed by atoms with E-state index in [1.54, 1.807) is 0 Å². The Labute approximate surface area is 178 Å². The summed E-state index contributed by atoms with van der Waals surface area (Å²) in [5.74, 6) is -6.04. The molecule has 1 saturated heterocycles. The van der Waals surface area contributed by atoms with Gasteiger partial charge in [0.2, 0.25) is 5.91 Å². The zero-order chi connectivity index (χ0) is 23.7. The molecule has 1 unspecified atom stereocenters. The van der Waals surface area contributed by atoms with Crippen molar-refractivity contribution >= 4 is 11.7 Å². The van der Waals surface area contributed by atoms with Crippen LogP contribution in [0.4, 0.5) is 32.2 Å². The predicted molar refractivity (Wildman–Crippen MR) is 101 cm³/mol. The first-order valence-corrected chi connectivity index (χ1v) is 9.53. The highest BCUT2D eigenvalue weighted by atomic mass is 19.4. The molecule has 2 aromatic rings. The van der Waals surface area contributed by atoms with Gasteiger partial charge in [-0.15, -0.1) is 0 Å². The highest BCUT2D eigenvalue weighted by Gasteiger charge is 2.47. The Morgan fingerprint density at radius 1 is 1.28 bits per heavy atom. The third-order valence-corrected chi connectivity index (χ3v) is 5.17. The van der Waals surface area contributed by atoms with Gasteiger partial charge in [0.25, 0.3) is 11.5 Å². The van der Waals surface area contributed by atoms with E-state index in [4.69, 9.17) is 0 Å². The van der Waals surface area contributed by atoms with Crippen LogP contribution in [-0.2, 0) is 11.3 Å². The summed E-state index contributed by atoms with van der Waals surface area (Å²) in [4.78, 5) is 32.9. The minimum atomic E-state index is -4.72. The molecule has 7 nitrogen and oxygen atoms in total. The molecule has 2 aromatic heterocycles. The first-order valence-electron chi connectivity index (χ1n) is 9.53. The van der Waals surface area contributed by atoms with Gasteiger partial charge < -0.3 is 9.88 Å². The Bertz CT molecular complexity index is 1020. The molecule has 1 N–H and O–H groups in total. The van der Waals surface area contributed by atoms with Crippen molar-refractivity contribution in [1.82, 2.24) is 19.4 Å². The molecule has 1 aliphatic heterocycles. The van der Waals surface area contributed by atoms with E-state index in [9.17, 15) is 35.9 Å². The second kappa shape index (κ2) is 8.88. The number of carbonyl (C=O) groups is 1. The molecular formula is C19H19F6N5O2. The van der Waals surface area contributed by atoms with Crippen LogP contribution in [0.2, 0.25) is 0 Å². The Morgan fingerprint density at radius 2 is 2.00 bits per heavy atom. The number of alkyl halides is 5.